The number of nitrogens with one attached hydrogen (secondary N) is 1. The summed E-state index contributed by atoms with van der Waals surface area (Å²) < 4.78 is 0. The molecule has 4 heteroatoms. The van der Waals surface area contributed by atoms with E-state index in [0.29, 0.717) is 6.54 Å². The first kappa shape index (κ1) is 17.5. The molecule has 1 aromatic rings. The standard InChI is InChI=1S/C17H29N3O/c1-4-9-14(2)19-17(21)15(3)20(13-8-12-18)16-10-6-5-7-11-16/h5-7,10-11,14-15H,4,8-9,12-13,18H2,1-3H3,(H,19,21). The van der Waals surface area contributed by atoms with E-state index < -0.39 is 0 Å². The Labute approximate surface area is 128 Å². The highest BCUT2D eigenvalue weighted by Crippen LogP contribution is 2.17. The summed E-state index contributed by atoms with van der Waals surface area (Å²) in [4.78, 5) is 14.5. The zero-order chi connectivity index (χ0) is 15.7. The average Bonchev–Trinajstić information content (AvgIpc) is 2.48. The van der Waals surface area contributed by atoms with E-state index in [9.17, 15) is 4.79 Å². The molecule has 1 aromatic carbocycles. The van der Waals surface area contributed by atoms with Gasteiger partial charge in [-0.25, -0.2) is 0 Å². The molecule has 0 aromatic heterocycles. The Bertz CT molecular complexity index is 408. The third kappa shape index (κ3) is 5.76. The fraction of sp³-hybridized carbons (Fsp3) is 0.588. The Morgan fingerprint density at radius 3 is 2.52 bits per heavy atom. The third-order valence-corrected chi connectivity index (χ3v) is 3.65. The minimum atomic E-state index is -0.196. The predicted octanol–water partition coefficient (Wildman–Crippen LogP) is 2.54. The molecule has 0 fully saturated rings. The van der Waals surface area contributed by atoms with Gasteiger partial charge in [0.15, 0.2) is 0 Å². The van der Waals surface area contributed by atoms with Gasteiger partial charge in [0.2, 0.25) is 5.91 Å². The van der Waals surface area contributed by atoms with Crippen molar-refractivity contribution in [1.29, 1.82) is 0 Å². The molecular weight excluding hydrogens is 262 g/mol. The van der Waals surface area contributed by atoms with E-state index in [1.54, 1.807) is 0 Å². The molecule has 2 unspecified atom stereocenters. The molecule has 0 aliphatic carbocycles. The number of nitrogens with zero attached hydrogens (tertiary/aromatic N) is 1. The van der Waals surface area contributed by atoms with Gasteiger partial charge < -0.3 is 16.0 Å². The third-order valence-electron chi connectivity index (χ3n) is 3.65. The first-order valence-electron chi connectivity index (χ1n) is 7.92. The van der Waals surface area contributed by atoms with Crippen molar-refractivity contribution in [3.63, 3.8) is 0 Å². The number of nitrogens with two attached hydrogens (primary N) is 1. The second-order valence-electron chi connectivity index (χ2n) is 5.55. The van der Waals surface area contributed by atoms with Gasteiger partial charge in [0, 0.05) is 18.3 Å². The van der Waals surface area contributed by atoms with Gasteiger partial charge in [-0.3, -0.25) is 4.79 Å². The largest absolute Gasteiger partial charge is 0.360 e. The summed E-state index contributed by atoms with van der Waals surface area (Å²) in [5, 5.41) is 3.10. The maximum Gasteiger partial charge on any atom is 0.242 e. The number of para-hydroxylation sites is 1. The highest BCUT2D eigenvalue weighted by molar-refractivity contribution is 5.85. The lowest BCUT2D eigenvalue weighted by Crippen LogP contribution is -2.48. The van der Waals surface area contributed by atoms with Crippen LogP contribution in [-0.4, -0.2) is 31.1 Å². The molecule has 118 valence electrons. The Balaban J connectivity index is 2.75. The van der Waals surface area contributed by atoms with Gasteiger partial charge in [0.05, 0.1) is 0 Å². The van der Waals surface area contributed by atoms with Crippen LogP contribution in [0.4, 0.5) is 5.69 Å². The molecule has 0 bridgehead atoms. The molecule has 0 radical (unpaired) electrons. The fourth-order valence-electron chi connectivity index (χ4n) is 2.44. The number of benzene rings is 1. The normalized spacial score (nSPS) is 13.5. The summed E-state index contributed by atoms with van der Waals surface area (Å²) in [6.07, 6.45) is 2.95. The van der Waals surface area contributed by atoms with E-state index in [0.717, 1.165) is 31.5 Å². The van der Waals surface area contributed by atoms with Crippen LogP contribution in [0, 0.1) is 0 Å². The number of carbonyl (C=O) groups is 1. The minimum absolute atomic E-state index is 0.0804. The number of carbonyl (C=O) groups excluding carboxylic acids is 1. The summed E-state index contributed by atoms with van der Waals surface area (Å²) >= 11 is 0. The molecule has 3 N–H and O–H groups in total. The van der Waals surface area contributed by atoms with E-state index in [1.165, 1.54) is 0 Å². The maximum atomic E-state index is 12.4. The first-order valence-corrected chi connectivity index (χ1v) is 7.92. The minimum Gasteiger partial charge on any atom is -0.360 e. The molecule has 1 amide bonds. The lowest BCUT2D eigenvalue weighted by molar-refractivity contribution is -0.122. The predicted molar refractivity (Wildman–Crippen MR) is 89.4 cm³/mol. The number of anilines is 1. The summed E-state index contributed by atoms with van der Waals surface area (Å²) in [6, 6.07) is 10.1. The number of rotatable bonds is 9. The molecule has 4 nitrogen and oxygen atoms in total. The van der Waals surface area contributed by atoms with Gasteiger partial charge in [-0.2, -0.15) is 0 Å². The van der Waals surface area contributed by atoms with E-state index in [-0.39, 0.29) is 18.0 Å². The van der Waals surface area contributed by atoms with Crippen molar-refractivity contribution in [1.82, 2.24) is 5.32 Å². The summed E-state index contributed by atoms with van der Waals surface area (Å²) in [5.74, 6) is 0.0804. The van der Waals surface area contributed by atoms with Crippen LogP contribution in [0.1, 0.15) is 40.0 Å². The Morgan fingerprint density at radius 2 is 1.95 bits per heavy atom. The van der Waals surface area contributed by atoms with Crippen molar-refractivity contribution in [3.8, 4) is 0 Å². The van der Waals surface area contributed by atoms with Gasteiger partial charge in [0.25, 0.3) is 0 Å². The van der Waals surface area contributed by atoms with E-state index in [1.807, 2.05) is 37.3 Å². The maximum absolute atomic E-state index is 12.4. The van der Waals surface area contributed by atoms with Crippen LogP contribution in [0.25, 0.3) is 0 Å². The Hall–Kier alpha value is -1.55. The fourth-order valence-corrected chi connectivity index (χ4v) is 2.44. The van der Waals surface area contributed by atoms with Gasteiger partial charge in [-0.05, 0) is 45.4 Å². The summed E-state index contributed by atoms with van der Waals surface area (Å²) in [6.45, 7) is 7.56. The van der Waals surface area contributed by atoms with Crippen LogP contribution in [-0.2, 0) is 4.79 Å². The van der Waals surface area contributed by atoms with Crippen molar-refractivity contribution < 1.29 is 4.79 Å². The molecule has 0 aliphatic heterocycles. The number of amides is 1. The Kier molecular flexibility index (Phi) is 7.83. The molecule has 0 saturated carbocycles. The smallest absolute Gasteiger partial charge is 0.242 e. The lowest BCUT2D eigenvalue weighted by atomic mass is 10.1. The van der Waals surface area contributed by atoms with Crippen molar-refractivity contribution >= 4 is 11.6 Å². The van der Waals surface area contributed by atoms with Crippen LogP contribution in [0.2, 0.25) is 0 Å². The van der Waals surface area contributed by atoms with Crippen molar-refractivity contribution in [2.24, 2.45) is 5.73 Å². The highest BCUT2D eigenvalue weighted by Gasteiger charge is 2.22. The SMILES string of the molecule is CCCC(C)NC(=O)C(C)N(CCCN)c1ccccc1. The molecule has 2 atom stereocenters. The molecular formula is C17H29N3O. The average molecular weight is 291 g/mol. The monoisotopic (exact) mass is 291 g/mol. The van der Waals surface area contributed by atoms with Gasteiger partial charge in [0.1, 0.15) is 6.04 Å². The van der Waals surface area contributed by atoms with Crippen molar-refractivity contribution in [3.05, 3.63) is 30.3 Å². The first-order chi connectivity index (χ1) is 10.1. The molecule has 0 saturated heterocycles. The lowest BCUT2D eigenvalue weighted by Gasteiger charge is -2.31. The van der Waals surface area contributed by atoms with Crippen molar-refractivity contribution in [2.75, 3.05) is 18.0 Å². The zero-order valence-corrected chi connectivity index (χ0v) is 13.5. The van der Waals surface area contributed by atoms with Crippen LogP contribution in [0.3, 0.4) is 0 Å². The molecule has 0 aliphatic rings. The number of hydrogen-bond acceptors (Lipinski definition) is 3. The van der Waals surface area contributed by atoms with E-state index >= 15 is 0 Å². The van der Waals surface area contributed by atoms with Crippen LogP contribution in [0.15, 0.2) is 30.3 Å². The molecule has 21 heavy (non-hydrogen) atoms. The van der Waals surface area contributed by atoms with Gasteiger partial charge in [-0.1, -0.05) is 31.5 Å². The summed E-state index contributed by atoms with van der Waals surface area (Å²) in [5.41, 5.74) is 6.69. The van der Waals surface area contributed by atoms with Gasteiger partial charge in [-0.15, -0.1) is 0 Å². The van der Waals surface area contributed by atoms with Crippen LogP contribution < -0.4 is 16.0 Å². The van der Waals surface area contributed by atoms with E-state index in [4.69, 9.17) is 5.73 Å². The quantitative estimate of drug-likeness (QED) is 0.735. The number of hydrogen-bond donors (Lipinski definition) is 2. The molecule has 0 spiro atoms. The topological polar surface area (TPSA) is 58.4 Å². The van der Waals surface area contributed by atoms with Gasteiger partial charge >= 0.3 is 0 Å². The summed E-state index contributed by atoms with van der Waals surface area (Å²) in [7, 11) is 0. The molecule has 0 heterocycles. The van der Waals surface area contributed by atoms with Crippen LogP contribution >= 0.6 is 0 Å². The second kappa shape index (κ2) is 9.40. The van der Waals surface area contributed by atoms with Crippen LogP contribution in [0.5, 0.6) is 0 Å². The Morgan fingerprint density at radius 1 is 1.29 bits per heavy atom. The highest BCUT2D eigenvalue weighted by atomic mass is 16.2. The molecule has 1 rings (SSSR count). The second-order valence-corrected chi connectivity index (χ2v) is 5.55. The van der Waals surface area contributed by atoms with E-state index in [2.05, 4.69) is 24.1 Å². The zero-order valence-electron chi connectivity index (χ0n) is 13.5. The van der Waals surface area contributed by atoms with Crippen molar-refractivity contribution in [2.45, 2.75) is 52.1 Å².